The van der Waals surface area contributed by atoms with Crippen molar-refractivity contribution in [3.05, 3.63) is 65.2 Å². The van der Waals surface area contributed by atoms with E-state index in [0.717, 1.165) is 30.0 Å². The average molecular weight is 388 g/mol. The molecule has 0 aliphatic heterocycles. The molecule has 2 bridgehead atoms. The summed E-state index contributed by atoms with van der Waals surface area (Å²) in [5.74, 6) is 2.78. The molecule has 4 N–H and O–H groups in total. The van der Waals surface area contributed by atoms with E-state index in [1.165, 1.54) is 11.1 Å². The maximum absolute atomic E-state index is 6.44. The fourth-order valence-corrected chi connectivity index (χ4v) is 4.76. The van der Waals surface area contributed by atoms with Crippen LogP contribution in [0.25, 0.3) is 0 Å². The second-order valence-corrected chi connectivity index (χ2v) is 7.90. The van der Waals surface area contributed by atoms with Gasteiger partial charge in [0.1, 0.15) is 11.9 Å². The molecule has 6 nitrogen and oxygen atoms in total. The number of aryl methyl sites for hydroxylation is 2. The number of rotatable bonds is 4. The second-order valence-electron chi connectivity index (χ2n) is 7.90. The van der Waals surface area contributed by atoms with Crippen LogP contribution in [-0.4, -0.2) is 16.1 Å². The van der Waals surface area contributed by atoms with Crippen molar-refractivity contribution in [1.29, 1.82) is 0 Å². The molecule has 2 heterocycles. The Hall–Kier alpha value is -3.28. The lowest BCUT2D eigenvalue weighted by Crippen LogP contribution is -2.21. The molecule has 0 saturated heterocycles. The lowest BCUT2D eigenvalue weighted by molar-refractivity contribution is 0.185. The van der Waals surface area contributed by atoms with Crippen LogP contribution in [0, 0.1) is 13.8 Å². The van der Waals surface area contributed by atoms with Gasteiger partial charge in [0.25, 0.3) is 0 Å². The summed E-state index contributed by atoms with van der Waals surface area (Å²) >= 11 is 0. The summed E-state index contributed by atoms with van der Waals surface area (Å²) in [7, 11) is 0. The van der Waals surface area contributed by atoms with Gasteiger partial charge in [-0.2, -0.15) is 0 Å². The van der Waals surface area contributed by atoms with E-state index in [1.807, 2.05) is 19.9 Å². The number of aromatic nitrogens is 2. The molecule has 148 valence electrons. The Labute approximate surface area is 169 Å². The molecular weight excluding hydrogens is 364 g/mol. The lowest BCUT2D eigenvalue weighted by atomic mass is 9.92. The van der Waals surface area contributed by atoms with E-state index in [-0.39, 0.29) is 6.10 Å². The molecular formula is C23H24N4O2. The van der Waals surface area contributed by atoms with Crippen LogP contribution in [0.3, 0.4) is 0 Å². The zero-order chi connectivity index (χ0) is 20.1. The van der Waals surface area contributed by atoms with Crippen LogP contribution in [0.1, 0.15) is 47.2 Å². The van der Waals surface area contributed by atoms with Crippen molar-refractivity contribution in [1.82, 2.24) is 9.97 Å². The number of pyridine rings is 2. The Morgan fingerprint density at radius 2 is 1.45 bits per heavy atom. The van der Waals surface area contributed by atoms with Gasteiger partial charge in [-0.3, -0.25) is 9.97 Å². The highest BCUT2D eigenvalue weighted by Crippen LogP contribution is 2.55. The minimum absolute atomic E-state index is 0.0793. The van der Waals surface area contributed by atoms with E-state index < -0.39 is 0 Å². The number of hydrogen-bond donors (Lipinski definition) is 2. The van der Waals surface area contributed by atoms with Crippen molar-refractivity contribution in [2.45, 2.75) is 44.6 Å². The Morgan fingerprint density at radius 3 is 2.10 bits per heavy atom. The summed E-state index contributed by atoms with van der Waals surface area (Å²) < 4.78 is 12.6. The molecule has 3 atom stereocenters. The Balaban J connectivity index is 1.44. The van der Waals surface area contributed by atoms with Gasteiger partial charge in [-0.25, -0.2) is 0 Å². The summed E-state index contributed by atoms with van der Waals surface area (Å²) in [4.78, 5) is 8.62. The third-order valence-corrected chi connectivity index (χ3v) is 6.14. The molecule has 2 aliphatic rings. The van der Waals surface area contributed by atoms with Gasteiger partial charge in [0.15, 0.2) is 11.5 Å². The number of anilines is 2. The lowest BCUT2D eigenvalue weighted by Gasteiger charge is -2.20. The van der Waals surface area contributed by atoms with Crippen molar-refractivity contribution >= 4 is 11.4 Å². The quantitative estimate of drug-likeness (QED) is 0.684. The first-order chi connectivity index (χ1) is 14.0. The molecule has 1 saturated carbocycles. The van der Waals surface area contributed by atoms with E-state index in [2.05, 4.69) is 22.1 Å². The molecule has 1 aromatic carbocycles. The average Bonchev–Trinajstić information content (AvgIpc) is 3.23. The summed E-state index contributed by atoms with van der Waals surface area (Å²) in [5.41, 5.74) is 17.7. The third kappa shape index (κ3) is 2.87. The number of nitrogens with zero attached hydrogens (tertiary/aromatic N) is 2. The van der Waals surface area contributed by atoms with Gasteiger partial charge in [-0.05, 0) is 62.1 Å². The number of ether oxygens (including phenoxy) is 2. The zero-order valence-corrected chi connectivity index (χ0v) is 16.6. The summed E-state index contributed by atoms with van der Waals surface area (Å²) in [5, 5.41) is 0. The van der Waals surface area contributed by atoms with Crippen LogP contribution in [-0.2, 0) is 0 Å². The highest BCUT2D eigenvalue weighted by atomic mass is 16.5. The number of hydrogen-bond acceptors (Lipinski definition) is 6. The SMILES string of the molecule is Cc1nccc(N)c1Oc1ccc2c(c1)C1CCC2C1Oc1c(N)ccnc1C. The molecule has 3 unspecified atom stereocenters. The predicted octanol–water partition coefficient (Wildman–Crippen LogP) is 4.47. The van der Waals surface area contributed by atoms with Gasteiger partial charge in [0.2, 0.25) is 0 Å². The van der Waals surface area contributed by atoms with Crippen LogP contribution in [0.4, 0.5) is 11.4 Å². The van der Waals surface area contributed by atoms with Crippen LogP contribution < -0.4 is 20.9 Å². The molecule has 0 radical (unpaired) electrons. The fraction of sp³-hybridized carbons (Fsp3) is 0.304. The fourth-order valence-electron chi connectivity index (χ4n) is 4.76. The number of benzene rings is 1. The molecule has 2 aromatic heterocycles. The topological polar surface area (TPSA) is 96.3 Å². The van der Waals surface area contributed by atoms with Gasteiger partial charge < -0.3 is 20.9 Å². The maximum Gasteiger partial charge on any atom is 0.171 e. The summed E-state index contributed by atoms with van der Waals surface area (Å²) in [6.45, 7) is 3.83. The first-order valence-electron chi connectivity index (χ1n) is 9.93. The monoisotopic (exact) mass is 388 g/mol. The zero-order valence-electron chi connectivity index (χ0n) is 16.6. The van der Waals surface area contributed by atoms with Crippen molar-refractivity contribution in [3.8, 4) is 17.2 Å². The highest BCUT2D eigenvalue weighted by molar-refractivity contribution is 5.57. The van der Waals surface area contributed by atoms with Crippen molar-refractivity contribution in [2.75, 3.05) is 11.5 Å². The van der Waals surface area contributed by atoms with E-state index in [1.54, 1.807) is 24.5 Å². The standard InChI is InChI=1S/C23H24N4O2/c1-12-21(19(24)7-9-26-12)28-14-3-4-15-16-5-6-17(18(15)11-14)23(16)29-22-13(2)27-10-8-20(22)25/h3-4,7-11,16-17,23H,5-6H2,1-2H3,(H2,24,26)(H2,25,27). The van der Waals surface area contributed by atoms with Crippen LogP contribution in [0.2, 0.25) is 0 Å². The molecule has 5 rings (SSSR count). The smallest absolute Gasteiger partial charge is 0.171 e. The van der Waals surface area contributed by atoms with E-state index in [4.69, 9.17) is 20.9 Å². The second kappa shape index (κ2) is 6.65. The number of nitrogen functional groups attached to an aromatic ring is 2. The molecule has 1 fully saturated rings. The van der Waals surface area contributed by atoms with Crippen molar-refractivity contribution < 1.29 is 9.47 Å². The Kier molecular flexibility index (Phi) is 4.08. The minimum atomic E-state index is 0.0793. The van der Waals surface area contributed by atoms with Crippen LogP contribution >= 0.6 is 0 Å². The van der Waals surface area contributed by atoms with E-state index in [0.29, 0.717) is 34.7 Å². The highest BCUT2D eigenvalue weighted by Gasteiger charge is 2.48. The molecule has 0 spiro atoms. The van der Waals surface area contributed by atoms with Crippen molar-refractivity contribution in [3.63, 3.8) is 0 Å². The first kappa shape index (κ1) is 17.8. The molecule has 2 aliphatic carbocycles. The van der Waals surface area contributed by atoms with Crippen LogP contribution in [0.15, 0.2) is 42.7 Å². The van der Waals surface area contributed by atoms with Gasteiger partial charge in [-0.15, -0.1) is 0 Å². The molecule has 6 heteroatoms. The largest absolute Gasteiger partial charge is 0.485 e. The normalized spacial score (nSPS) is 21.8. The Morgan fingerprint density at radius 1 is 0.828 bits per heavy atom. The molecule has 3 aromatic rings. The van der Waals surface area contributed by atoms with Gasteiger partial charge in [-0.1, -0.05) is 6.07 Å². The van der Waals surface area contributed by atoms with Gasteiger partial charge in [0.05, 0.1) is 22.8 Å². The number of nitrogens with two attached hydrogens (primary N) is 2. The Bertz CT molecular complexity index is 1060. The van der Waals surface area contributed by atoms with Gasteiger partial charge in [0, 0.05) is 24.2 Å². The summed E-state index contributed by atoms with van der Waals surface area (Å²) in [6, 6.07) is 9.83. The minimum Gasteiger partial charge on any atom is -0.485 e. The molecule has 0 amide bonds. The maximum atomic E-state index is 6.44. The van der Waals surface area contributed by atoms with E-state index >= 15 is 0 Å². The van der Waals surface area contributed by atoms with Crippen molar-refractivity contribution in [2.24, 2.45) is 0 Å². The molecule has 29 heavy (non-hydrogen) atoms. The summed E-state index contributed by atoms with van der Waals surface area (Å²) in [6.07, 6.45) is 5.70. The van der Waals surface area contributed by atoms with Crippen LogP contribution in [0.5, 0.6) is 17.2 Å². The first-order valence-corrected chi connectivity index (χ1v) is 9.93. The predicted molar refractivity (Wildman–Crippen MR) is 112 cm³/mol. The van der Waals surface area contributed by atoms with Gasteiger partial charge >= 0.3 is 0 Å². The number of fused-ring (bicyclic) bond motifs is 5. The third-order valence-electron chi connectivity index (χ3n) is 6.14. The van der Waals surface area contributed by atoms with E-state index in [9.17, 15) is 0 Å².